The number of H-pyrrole nitrogens is 1. The zero-order chi connectivity index (χ0) is 15.4. The molecule has 1 aliphatic rings. The lowest BCUT2D eigenvalue weighted by Gasteiger charge is -2.19. The lowest BCUT2D eigenvalue weighted by molar-refractivity contribution is -0.121. The highest BCUT2D eigenvalue weighted by atomic mass is 35.5. The Bertz CT molecular complexity index is 633. The van der Waals surface area contributed by atoms with Crippen molar-refractivity contribution in [3.05, 3.63) is 47.2 Å². The number of aromatic nitrogens is 2. The molecule has 3 rings (SSSR count). The summed E-state index contributed by atoms with van der Waals surface area (Å²) in [5.74, 6) is 0.519. The molecule has 0 unspecified atom stereocenters. The number of hydrogen-bond acceptors (Lipinski definition) is 4. The van der Waals surface area contributed by atoms with Crippen molar-refractivity contribution >= 4 is 17.5 Å². The van der Waals surface area contributed by atoms with E-state index in [0.29, 0.717) is 24.0 Å². The molecule has 1 amide bonds. The van der Waals surface area contributed by atoms with Gasteiger partial charge in [0.25, 0.3) is 0 Å². The van der Waals surface area contributed by atoms with Crippen LogP contribution in [0.25, 0.3) is 0 Å². The summed E-state index contributed by atoms with van der Waals surface area (Å²) in [6.07, 6.45) is 3.24. The largest absolute Gasteiger partial charge is 0.482 e. The second-order valence-electron chi connectivity index (χ2n) is 5.07. The molecule has 1 aromatic heterocycles. The van der Waals surface area contributed by atoms with E-state index in [1.54, 1.807) is 18.5 Å². The van der Waals surface area contributed by atoms with E-state index < -0.39 is 0 Å². The number of hydrogen-bond donors (Lipinski definition) is 2. The molecular formula is C15H16ClN3O3. The van der Waals surface area contributed by atoms with Crippen molar-refractivity contribution in [1.82, 2.24) is 15.5 Å². The molecule has 116 valence electrons. The zero-order valence-electron chi connectivity index (χ0n) is 11.8. The molecule has 2 atom stereocenters. The van der Waals surface area contributed by atoms with Crippen LogP contribution in [0.5, 0.6) is 5.75 Å². The zero-order valence-corrected chi connectivity index (χ0v) is 12.5. The molecule has 0 saturated carbocycles. The molecule has 1 saturated heterocycles. The SMILES string of the molecule is O=C(Cc1ccccc1Cl)N[C@H]1COC[C@H]1Oc1cn[nH]c1. The molecule has 6 nitrogen and oxygen atoms in total. The molecule has 0 spiro atoms. The quantitative estimate of drug-likeness (QED) is 0.876. The van der Waals surface area contributed by atoms with Crippen LogP contribution >= 0.6 is 11.6 Å². The van der Waals surface area contributed by atoms with Gasteiger partial charge in [-0.2, -0.15) is 5.10 Å². The highest BCUT2D eigenvalue weighted by Gasteiger charge is 2.31. The first-order chi connectivity index (χ1) is 10.7. The average molecular weight is 322 g/mol. The summed E-state index contributed by atoms with van der Waals surface area (Å²) in [7, 11) is 0. The lowest BCUT2D eigenvalue weighted by atomic mass is 10.1. The van der Waals surface area contributed by atoms with E-state index >= 15 is 0 Å². The van der Waals surface area contributed by atoms with Gasteiger partial charge in [0.15, 0.2) is 5.75 Å². The summed E-state index contributed by atoms with van der Waals surface area (Å²) >= 11 is 6.07. The van der Waals surface area contributed by atoms with Crippen molar-refractivity contribution in [3.8, 4) is 5.75 Å². The Kier molecular flexibility index (Phi) is 4.60. The second-order valence-corrected chi connectivity index (χ2v) is 5.48. The molecule has 2 aromatic rings. The third-order valence-corrected chi connectivity index (χ3v) is 3.81. The van der Waals surface area contributed by atoms with Crippen molar-refractivity contribution in [1.29, 1.82) is 0 Å². The molecule has 1 aromatic carbocycles. The van der Waals surface area contributed by atoms with Gasteiger partial charge < -0.3 is 14.8 Å². The molecule has 0 aliphatic carbocycles. The minimum absolute atomic E-state index is 0.107. The Morgan fingerprint density at radius 2 is 2.32 bits per heavy atom. The third-order valence-electron chi connectivity index (χ3n) is 3.44. The molecule has 1 fully saturated rings. The molecule has 2 heterocycles. The molecule has 0 radical (unpaired) electrons. The van der Waals surface area contributed by atoms with Gasteiger partial charge in [-0.15, -0.1) is 0 Å². The number of carbonyl (C=O) groups excluding carboxylic acids is 1. The smallest absolute Gasteiger partial charge is 0.224 e. The van der Waals surface area contributed by atoms with Gasteiger partial charge in [0.2, 0.25) is 5.91 Å². The number of nitrogens with zero attached hydrogens (tertiary/aromatic N) is 1. The van der Waals surface area contributed by atoms with Crippen molar-refractivity contribution < 1.29 is 14.3 Å². The molecular weight excluding hydrogens is 306 g/mol. The van der Waals surface area contributed by atoms with Gasteiger partial charge in [-0.25, -0.2) is 0 Å². The first-order valence-electron chi connectivity index (χ1n) is 6.98. The van der Waals surface area contributed by atoms with E-state index in [-0.39, 0.29) is 24.5 Å². The van der Waals surface area contributed by atoms with Gasteiger partial charge in [0, 0.05) is 5.02 Å². The summed E-state index contributed by atoms with van der Waals surface area (Å²) in [4.78, 5) is 12.2. The first-order valence-corrected chi connectivity index (χ1v) is 7.36. The standard InChI is InChI=1S/C15H16ClN3O3/c16-12-4-2-1-3-10(12)5-15(20)19-13-8-21-9-14(13)22-11-6-17-18-7-11/h1-4,6-7,13-14H,5,8-9H2,(H,17,18)(H,19,20)/t13-,14+/m0/s1. The van der Waals surface area contributed by atoms with Crippen LogP contribution in [-0.2, 0) is 16.0 Å². The Morgan fingerprint density at radius 1 is 1.45 bits per heavy atom. The Hall–Kier alpha value is -2.05. The Labute approximate surface area is 132 Å². The van der Waals surface area contributed by atoms with Crippen LogP contribution in [0.1, 0.15) is 5.56 Å². The highest BCUT2D eigenvalue weighted by molar-refractivity contribution is 6.31. The van der Waals surface area contributed by atoms with E-state index in [4.69, 9.17) is 21.1 Å². The summed E-state index contributed by atoms with van der Waals surface area (Å²) in [6.45, 7) is 0.860. The first kappa shape index (κ1) is 14.9. The maximum Gasteiger partial charge on any atom is 0.224 e. The number of ether oxygens (including phenoxy) is 2. The number of nitrogens with one attached hydrogen (secondary N) is 2. The predicted octanol–water partition coefficient (Wildman–Crippen LogP) is 1.57. The summed E-state index contributed by atoms with van der Waals surface area (Å²) in [5, 5.41) is 10.0. The van der Waals surface area contributed by atoms with Crippen LogP contribution in [0.3, 0.4) is 0 Å². The van der Waals surface area contributed by atoms with Gasteiger partial charge in [-0.3, -0.25) is 9.89 Å². The van der Waals surface area contributed by atoms with Crippen LogP contribution in [0.4, 0.5) is 0 Å². The Balaban J connectivity index is 1.57. The van der Waals surface area contributed by atoms with Gasteiger partial charge in [-0.1, -0.05) is 29.8 Å². The second kappa shape index (κ2) is 6.81. The minimum atomic E-state index is -0.229. The molecule has 7 heteroatoms. The van der Waals surface area contributed by atoms with E-state index in [1.165, 1.54) is 0 Å². The van der Waals surface area contributed by atoms with Gasteiger partial charge in [-0.05, 0) is 11.6 Å². The number of benzene rings is 1. The summed E-state index contributed by atoms with van der Waals surface area (Å²) < 4.78 is 11.1. The van der Waals surface area contributed by atoms with Crippen LogP contribution < -0.4 is 10.1 Å². The van der Waals surface area contributed by atoms with Crippen LogP contribution in [-0.4, -0.2) is 41.5 Å². The van der Waals surface area contributed by atoms with Crippen molar-refractivity contribution in [2.24, 2.45) is 0 Å². The summed E-state index contributed by atoms with van der Waals surface area (Å²) in [6, 6.07) is 7.12. The molecule has 2 N–H and O–H groups in total. The normalized spacial score (nSPS) is 20.8. The predicted molar refractivity (Wildman–Crippen MR) is 80.9 cm³/mol. The fraction of sp³-hybridized carbons (Fsp3) is 0.333. The number of aromatic amines is 1. The van der Waals surface area contributed by atoms with Crippen LogP contribution in [0.2, 0.25) is 5.02 Å². The van der Waals surface area contributed by atoms with Gasteiger partial charge in [0.05, 0.1) is 38.1 Å². The van der Waals surface area contributed by atoms with Crippen molar-refractivity contribution in [2.45, 2.75) is 18.6 Å². The number of carbonyl (C=O) groups is 1. The number of rotatable bonds is 5. The fourth-order valence-corrected chi connectivity index (χ4v) is 2.54. The lowest BCUT2D eigenvalue weighted by Crippen LogP contribution is -2.45. The third kappa shape index (κ3) is 3.58. The van der Waals surface area contributed by atoms with Gasteiger partial charge in [0.1, 0.15) is 6.10 Å². The number of amides is 1. The van der Waals surface area contributed by atoms with Crippen molar-refractivity contribution in [2.75, 3.05) is 13.2 Å². The Morgan fingerprint density at radius 3 is 3.09 bits per heavy atom. The topological polar surface area (TPSA) is 76.2 Å². The maximum atomic E-state index is 12.2. The van der Waals surface area contributed by atoms with E-state index in [9.17, 15) is 4.79 Å². The monoisotopic (exact) mass is 321 g/mol. The number of halogens is 1. The van der Waals surface area contributed by atoms with Crippen LogP contribution in [0.15, 0.2) is 36.7 Å². The molecule has 0 bridgehead atoms. The van der Waals surface area contributed by atoms with Crippen molar-refractivity contribution in [3.63, 3.8) is 0 Å². The maximum absolute atomic E-state index is 12.2. The molecule has 1 aliphatic heterocycles. The molecule has 22 heavy (non-hydrogen) atoms. The van der Waals surface area contributed by atoms with E-state index in [2.05, 4.69) is 15.5 Å². The minimum Gasteiger partial charge on any atom is -0.482 e. The highest BCUT2D eigenvalue weighted by Crippen LogP contribution is 2.17. The van der Waals surface area contributed by atoms with Crippen LogP contribution in [0, 0.1) is 0 Å². The van der Waals surface area contributed by atoms with E-state index in [0.717, 1.165) is 5.56 Å². The van der Waals surface area contributed by atoms with Gasteiger partial charge >= 0.3 is 0 Å². The fourth-order valence-electron chi connectivity index (χ4n) is 2.34. The average Bonchev–Trinajstić information content (AvgIpc) is 3.15. The van der Waals surface area contributed by atoms with E-state index in [1.807, 2.05) is 18.2 Å². The summed E-state index contributed by atoms with van der Waals surface area (Å²) in [5.41, 5.74) is 0.799.